The highest BCUT2D eigenvalue weighted by Gasteiger charge is 2.28. The molecule has 1 fully saturated rings. The van der Waals surface area contributed by atoms with E-state index in [1.807, 2.05) is 0 Å². The Bertz CT molecular complexity index is 180. The largest absolute Gasteiger partial charge is 0.467 e. The average Bonchev–Trinajstić information content (AvgIpc) is 2.08. The molecule has 0 heterocycles. The summed E-state index contributed by atoms with van der Waals surface area (Å²) in [5.41, 5.74) is 5.65. The lowest BCUT2D eigenvalue weighted by molar-refractivity contribution is -0.151. The standard InChI is InChI=1S/C9H17NO3/c1-13-9(12)8(11)7(10)5-6-3-2-4-6/h6-8,11H,2-5,10H2,1H3/t7-,8+/m0/s1. The Morgan fingerprint density at radius 1 is 1.69 bits per heavy atom. The summed E-state index contributed by atoms with van der Waals surface area (Å²) in [5, 5.41) is 9.36. The molecule has 1 aliphatic rings. The molecule has 0 aromatic carbocycles. The van der Waals surface area contributed by atoms with E-state index >= 15 is 0 Å². The molecule has 0 unspecified atom stereocenters. The quantitative estimate of drug-likeness (QED) is 0.609. The van der Waals surface area contributed by atoms with E-state index in [1.54, 1.807) is 0 Å². The van der Waals surface area contributed by atoms with Crippen molar-refractivity contribution in [1.82, 2.24) is 0 Å². The van der Waals surface area contributed by atoms with Crippen LogP contribution in [0, 0.1) is 5.92 Å². The Hall–Kier alpha value is -0.610. The van der Waals surface area contributed by atoms with Gasteiger partial charge in [-0.2, -0.15) is 0 Å². The van der Waals surface area contributed by atoms with E-state index in [-0.39, 0.29) is 0 Å². The van der Waals surface area contributed by atoms with Gasteiger partial charge in [-0.3, -0.25) is 0 Å². The van der Waals surface area contributed by atoms with Crippen molar-refractivity contribution in [1.29, 1.82) is 0 Å². The minimum Gasteiger partial charge on any atom is -0.467 e. The molecule has 4 nitrogen and oxygen atoms in total. The Morgan fingerprint density at radius 2 is 2.31 bits per heavy atom. The molecule has 0 bridgehead atoms. The van der Waals surface area contributed by atoms with Crippen LogP contribution in [-0.2, 0) is 9.53 Å². The highest BCUT2D eigenvalue weighted by molar-refractivity contribution is 5.75. The Labute approximate surface area is 78.1 Å². The van der Waals surface area contributed by atoms with Crippen LogP contribution in [0.3, 0.4) is 0 Å². The van der Waals surface area contributed by atoms with Crippen LogP contribution in [0.4, 0.5) is 0 Å². The molecule has 3 N–H and O–H groups in total. The van der Waals surface area contributed by atoms with E-state index in [0.717, 1.165) is 6.42 Å². The van der Waals surface area contributed by atoms with Crippen molar-refractivity contribution in [3.8, 4) is 0 Å². The fourth-order valence-corrected chi connectivity index (χ4v) is 1.54. The molecule has 0 aliphatic heterocycles. The molecule has 0 amide bonds. The van der Waals surface area contributed by atoms with E-state index in [9.17, 15) is 9.90 Å². The molecular formula is C9H17NO3. The van der Waals surface area contributed by atoms with Crippen LogP contribution in [0.2, 0.25) is 0 Å². The molecule has 0 aromatic heterocycles. The number of ether oxygens (including phenoxy) is 1. The highest BCUT2D eigenvalue weighted by atomic mass is 16.5. The summed E-state index contributed by atoms with van der Waals surface area (Å²) in [4.78, 5) is 10.9. The van der Waals surface area contributed by atoms with Gasteiger partial charge in [0.05, 0.1) is 7.11 Å². The van der Waals surface area contributed by atoms with Crippen LogP contribution in [-0.4, -0.2) is 30.3 Å². The van der Waals surface area contributed by atoms with Gasteiger partial charge in [0.2, 0.25) is 0 Å². The molecule has 0 saturated heterocycles. The number of aliphatic hydroxyl groups is 1. The molecular weight excluding hydrogens is 170 g/mol. The van der Waals surface area contributed by atoms with Crippen LogP contribution < -0.4 is 5.73 Å². The minimum absolute atomic E-state index is 0.474. The first-order valence-electron chi connectivity index (χ1n) is 4.66. The van der Waals surface area contributed by atoms with Gasteiger partial charge in [-0.1, -0.05) is 19.3 Å². The number of hydrogen-bond acceptors (Lipinski definition) is 4. The number of hydrogen-bond donors (Lipinski definition) is 2. The van der Waals surface area contributed by atoms with Gasteiger partial charge in [-0.25, -0.2) is 4.79 Å². The number of nitrogens with two attached hydrogens (primary N) is 1. The van der Waals surface area contributed by atoms with Gasteiger partial charge in [0, 0.05) is 6.04 Å². The minimum atomic E-state index is -1.16. The molecule has 2 atom stereocenters. The van der Waals surface area contributed by atoms with Crippen LogP contribution in [0.1, 0.15) is 25.7 Å². The Balaban J connectivity index is 2.27. The van der Waals surface area contributed by atoms with Gasteiger partial charge in [0.15, 0.2) is 6.10 Å². The number of carbonyl (C=O) groups is 1. The summed E-state index contributed by atoms with van der Waals surface area (Å²) in [6.07, 6.45) is 3.14. The van der Waals surface area contributed by atoms with E-state index in [4.69, 9.17) is 5.73 Å². The molecule has 1 saturated carbocycles. The summed E-state index contributed by atoms with van der Waals surface area (Å²) in [7, 11) is 1.25. The number of methoxy groups -OCH3 is 1. The van der Waals surface area contributed by atoms with Crippen molar-refractivity contribution in [3.63, 3.8) is 0 Å². The van der Waals surface area contributed by atoms with Gasteiger partial charge < -0.3 is 15.6 Å². The molecule has 76 valence electrons. The first-order valence-corrected chi connectivity index (χ1v) is 4.66. The average molecular weight is 187 g/mol. The zero-order valence-corrected chi connectivity index (χ0v) is 7.90. The monoisotopic (exact) mass is 187 g/mol. The molecule has 1 rings (SSSR count). The molecule has 4 heteroatoms. The lowest BCUT2D eigenvalue weighted by Crippen LogP contribution is -2.43. The number of rotatable bonds is 4. The summed E-state index contributed by atoms with van der Waals surface area (Å²) in [5.74, 6) is -0.0406. The van der Waals surface area contributed by atoms with E-state index in [1.165, 1.54) is 26.4 Å². The number of carbonyl (C=O) groups excluding carboxylic acids is 1. The SMILES string of the molecule is COC(=O)[C@H](O)[C@@H](N)CC1CCC1. The van der Waals surface area contributed by atoms with E-state index in [0.29, 0.717) is 5.92 Å². The second-order valence-corrected chi connectivity index (χ2v) is 3.66. The normalized spacial score (nSPS) is 21.8. The topological polar surface area (TPSA) is 72.5 Å². The van der Waals surface area contributed by atoms with Gasteiger partial charge in [-0.05, 0) is 12.3 Å². The van der Waals surface area contributed by atoms with Crippen molar-refractivity contribution < 1.29 is 14.6 Å². The van der Waals surface area contributed by atoms with Gasteiger partial charge in [-0.15, -0.1) is 0 Å². The number of aliphatic hydroxyl groups excluding tert-OH is 1. The van der Waals surface area contributed by atoms with E-state index in [2.05, 4.69) is 4.74 Å². The van der Waals surface area contributed by atoms with Crippen LogP contribution >= 0.6 is 0 Å². The van der Waals surface area contributed by atoms with Crippen molar-refractivity contribution in [2.24, 2.45) is 11.7 Å². The van der Waals surface area contributed by atoms with Crippen molar-refractivity contribution in [3.05, 3.63) is 0 Å². The fourth-order valence-electron chi connectivity index (χ4n) is 1.54. The maximum atomic E-state index is 10.9. The van der Waals surface area contributed by atoms with Gasteiger partial charge in [0.1, 0.15) is 0 Å². The summed E-state index contributed by atoms with van der Waals surface area (Å²) < 4.78 is 4.40. The van der Waals surface area contributed by atoms with Crippen molar-refractivity contribution in [2.45, 2.75) is 37.8 Å². The van der Waals surface area contributed by atoms with Crippen molar-refractivity contribution >= 4 is 5.97 Å². The first kappa shape index (κ1) is 10.5. The predicted octanol–water partition coefficient (Wildman–Crippen LogP) is 0.0378. The smallest absolute Gasteiger partial charge is 0.336 e. The van der Waals surface area contributed by atoms with Gasteiger partial charge in [0.25, 0.3) is 0 Å². The van der Waals surface area contributed by atoms with Crippen LogP contribution in [0.25, 0.3) is 0 Å². The van der Waals surface area contributed by atoms with Crippen LogP contribution in [0.5, 0.6) is 0 Å². The highest BCUT2D eigenvalue weighted by Crippen LogP contribution is 2.30. The van der Waals surface area contributed by atoms with Crippen LogP contribution in [0.15, 0.2) is 0 Å². The first-order chi connectivity index (χ1) is 6.15. The summed E-state index contributed by atoms with van der Waals surface area (Å²) >= 11 is 0. The Morgan fingerprint density at radius 3 is 2.69 bits per heavy atom. The third-order valence-electron chi connectivity index (χ3n) is 2.68. The second-order valence-electron chi connectivity index (χ2n) is 3.66. The molecule has 0 radical (unpaired) electrons. The number of esters is 1. The maximum Gasteiger partial charge on any atom is 0.336 e. The lowest BCUT2D eigenvalue weighted by atomic mass is 9.80. The van der Waals surface area contributed by atoms with Crippen molar-refractivity contribution in [2.75, 3.05) is 7.11 Å². The second kappa shape index (κ2) is 4.58. The molecule has 1 aliphatic carbocycles. The van der Waals surface area contributed by atoms with E-state index < -0.39 is 18.1 Å². The third kappa shape index (κ3) is 2.67. The molecule has 13 heavy (non-hydrogen) atoms. The summed E-state index contributed by atoms with van der Waals surface area (Å²) in [6, 6.07) is -0.474. The Kier molecular flexibility index (Phi) is 3.69. The predicted molar refractivity (Wildman–Crippen MR) is 48.0 cm³/mol. The molecule has 0 spiro atoms. The fraction of sp³-hybridized carbons (Fsp3) is 0.889. The zero-order valence-electron chi connectivity index (χ0n) is 7.90. The molecule has 0 aromatic rings. The lowest BCUT2D eigenvalue weighted by Gasteiger charge is -2.29. The zero-order chi connectivity index (χ0) is 9.84. The summed E-state index contributed by atoms with van der Waals surface area (Å²) in [6.45, 7) is 0. The maximum absolute atomic E-state index is 10.9. The van der Waals surface area contributed by atoms with Gasteiger partial charge >= 0.3 is 5.97 Å². The third-order valence-corrected chi connectivity index (χ3v) is 2.68.